The third-order valence-electron chi connectivity index (χ3n) is 2.46. The summed E-state index contributed by atoms with van der Waals surface area (Å²) < 4.78 is 5.02. The molecule has 2 N–H and O–H groups in total. The summed E-state index contributed by atoms with van der Waals surface area (Å²) in [7, 11) is 0. The lowest BCUT2D eigenvalue weighted by molar-refractivity contribution is -0.138. The molecule has 2 heterocycles. The van der Waals surface area contributed by atoms with Crippen LogP contribution in [-0.4, -0.2) is 33.3 Å². The lowest BCUT2D eigenvalue weighted by atomic mass is 10.1. The van der Waals surface area contributed by atoms with Crippen molar-refractivity contribution in [3.05, 3.63) is 29.2 Å². The van der Waals surface area contributed by atoms with Crippen LogP contribution in [0.5, 0.6) is 0 Å². The fourth-order valence-electron chi connectivity index (χ4n) is 1.69. The van der Waals surface area contributed by atoms with E-state index in [1.807, 2.05) is 6.92 Å². The Morgan fingerprint density at radius 1 is 1.56 bits per heavy atom. The van der Waals surface area contributed by atoms with E-state index < -0.39 is 5.97 Å². The molecule has 0 amide bonds. The number of nitrogens with zero attached hydrogens (tertiary/aromatic N) is 3. The Bertz CT molecular complexity index is 519. The van der Waals surface area contributed by atoms with Crippen LogP contribution in [0.25, 0.3) is 5.03 Å². The summed E-state index contributed by atoms with van der Waals surface area (Å²) in [4.78, 5) is 13.4. The van der Waals surface area contributed by atoms with Gasteiger partial charge in [0.25, 0.3) is 0 Å². The number of carbonyl (C=O) groups is 1. The number of carbonyl (C=O) groups excluding carboxylic acids is 1. The lowest BCUT2D eigenvalue weighted by Crippen LogP contribution is -2.21. The largest absolute Gasteiger partial charge is 0.462 e. The zero-order valence-electron chi connectivity index (χ0n) is 10.2. The quantitative estimate of drug-likeness (QED) is 0.821. The van der Waals surface area contributed by atoms with Gasteiger partial charge >= 0.3 is 5.97 Å². The van der Waals surface area contributed by atoms with Gasteiger partial charge in [0.1, 0.15) is 5.03 Å². The van der Waals surface area contributed by atoms with Crippen LogP contribution in [0.1, 0.15) is 13.8 Å². The first-order valence-corrected chi connectivity index (χ1v) is 6.50. The van der Waals surface area contributed by atoms with Gasteiger partial charge in [0, 0.05) is 11.4 Å². The van der Waals surface area contributed by atoms with Crippen LogP contribution in [0.2, 0.25) is 0 Å². The van der Waals surface area contributed by atoms with Crippen LogP contribution in [0.3, 0.4) is 0 Å². The number of ether oxygens (including phenoxy) is 1. The van der Waals surface area contributed by atoms with Crippen LogP contribution in [0.4, 0.5) is 0 Å². The van der Waals surface area contributed by atoms with Gasteiger partial charge in [-0.25, -0.2) is 4.79 Å². The fourth-order valence-corrected chi connectivity index (χ4v) is 2.65. The van der Waals surface area contributed by atoms with E-state index in [4.69, 9.17) is 10.5 Å². The summed E-state index contributed by atoms with van der Waals surface area (Å²) in [6, 6.07) is 0. The molecule has 0 radical (unpaired) electrons. The number of nitrogens with two attached hydrogens (primary N) is 1. The van der Waals surface area contributed by atoms with Crippen molar-refractivity contribution in [1.82, 2.24) is 15.0 Å². The van der Waals surface area contributed by atoms with Crippen LogP contribution in [0.15, 0.2) is 29.2 Å². The van der Waals surface area contributed by atoms with Gasteiger partial charge in [-0.2, -0.15) is 10.2 Å². The van der Waals surface area contributed by atoms with Crippen molar-refractivity contribution >= 4 is 22.8 Å². The molecular weight excluding hydrogens is 252 g/mol. The van der Waals surface area contributed by atoms with Crippen LogP contribution >= 0.6 is 11.8 Å². The fraction of sp³-hybridized carbons (Fsp3) is 0.364. The second kappa shape index (κ2) is 5.26. The molecule has 1 aromatic rings. The zero-order valence-corrected chi connectivity index (χ0v) is 11.0. The Balaban J connectivity index is 2.41. The van der Waals surface area contributed by atoms with Gasteiger partial charge in [-0.3, -0.25) is 0 Å². The highest BCUT2D eigenvalue weighted by Crippen LogP contribution is 2.34. The van der Waals surface area contributed by atoms with Crippen LogP contribution in [0, 0.1) is 0 Å². The van der Waals surface area contributed by atoms with Crippen molar-refractivity contribution in [2.75, 3.05) is 12.4 Å². The third-order valence-corrected chi connectivity index (χ3v) is 3.66. The number of thioether (sulfide) groups is 1. The first kappa shape index (κ1) is 12.7. The van der Waals surface area contributed by atoms with E-state index in [0.717, 1.165) is 10.6 Å². The van der Waals surface area contributed by atoms with Crippen molar-refractivity contribution in [2.45, 2.75) is 13.8 Å². The summed E-state index contributed by atoms with van der Waals surface area (Å²) in [6.07, 6.45) is 3.18. The molecular formula is C11H14N4O2S. The van der Waals surface area contributed by atoms with E-state index in [-0.39, 0.29) is 0 Å². The average Bonchev–Trinajstić information content (AvgIpc) is 2.83. The number of hydrogen-bond acceptors (Lipinski definition) is 6. The Hall–Kier alpha value is -1.76. The molecule has 7 heteroatoms. The molecule has 0 bridgehead atoms. The van der Waals surface area contributed by atoms with Crippen molar-refractivity contribution in [1.29, 1.82) is 0 Å². The molecule has 0 unspecified atom stereocenters. The van der Waals surface area contributed by atoms with E-state index in [0.29, 0.717) is 23.6 Å². The molecule has 0 aliphatic carbocycles. The Morgan fingerprint density at radius 2 is 2.22 bits per heavy atom. The first-order valence-electron chi connectivity index (χ1n) is 5.51. The molecule has 2 rings (SSSR count). The highest BCUT2D eigenvalue weighted by atomic mass is 32.2. The van der Waals surface area contributed by atoms with E-state index in [1.165, 1.54) is 16.6 Å². The molecule has 0 atom stereocenters. The summed E-state index contributed by atoms with van der Waals surface area (Å²) in [5.74, 6) is 0.139. The summed E-state index contributed by atoms with van der Waals surface area (Å²) in [6.45, 7) is 3.91. The first-order chi connectivity index (χ1) is 8.65. The topological polar surface area (TPSA) is 83.0 Å². The van der Waals surface area contributed by atoms with Gasteiger partial charge in [0.05, 0.1) is 24.6 Å². The normalized spacial score (nSPS) is 16.1. The Labute approximate surface area is 109 Å². The maximum Gasteiger partial charge on any atom is 0.340 e. The number of rotatable bonds is 3. The number of aromatic nitrogens is 3. The van der Waals surface area contributed by atoms with Crippen molar-refractivity contribution in [3.8, 4) is 0 Å². The standard InChI is InChI=1S/C11H14N4O2S/c1-3-17-11(16)9-7(2)10(18-6-8(9)12)15-13-4-5-14-15/h4-5H,3,6,12H2,1-2H3. The lowest BCUT2D eigenvalue weighted by Gasteiger charge is -2.20. The highest BCUT2D eigenvalue weighted by Gasteiger charge is 2.25. The maximum absolute atomic E-state index is 11.9. The smallest absolute Gasteiger partial charge is 0.340 e. The molecule has 1 aliphatic rings. The second-order valence-electron chi connectivity index (χ2n) is 3.66. The Kier molecular flexibility index (Phi) is 3.71. The Morgan fingerprint density at radius 3 is 2.83 bits per heavy atom. The monoisotopic (exact) mass is 266 g/mol. The molecule has 0 saturated carbocycles. The zero-order chi connectivity index (χ0) is 13.1. The van der Waals surface area contributed by atoms with Gasteiger partial charge in [-0.05, 0) is 19.4 Å². The van der Waals surface area contributed by atoms with Crippen LogP contribution in [-0.2, 0) is 9.53 Å². The van der Waals surface area contributed by atoms with Gasteiger partial charge in [0.2, 0.25) is 0 Å². The molecule has 1 aromatic heterocycles. The predicted octanol–water partition coefficient (Wildman–Crippen LogP) is 0.989. The van der Waals surface area contributed by atoms with Gasteiger partial charge in [0.15, 0.2) is 0 Å². The molecule has 0 spiro atoms. The number of hydrogen-bond donors (Lipinski definition) is 1. The van der Waals surface area contributed by atoms with Crippen molar-refractivity contribution in [2.24, 2.45) is 5.73 Å². The van der Waals surface area contributed by atoms with Gasteiger partial charge in [-0.1, -0.05) is 11.8 Å². The molecule has 96 valence electrons. The molecule has 0 saturated heterocycles. The predicted molar refractivity (Wildman–Crippen MR) is 69.2 cm³/mol. The molecule has 1 aliphatic heterocycles. The number of esters is 1. The average molecular weight is 266 g/mol. The van der Waals surface area contributed by atoms with Gasteiger partial charge in [-0.15, -0.1) is 4.80 Å². The summed E-state index contributed by atoms with van der Waals surface area (Å²) in [5, 5.41) is 8.94. The SMILES string of the molecule is CCOC(=O)C1=C(N)CSC(n2nccn2)=C1C. The van der Waals surface area contributed by atoms with E-state index in [1.54, 1.807) is 19.3 Å². The minimum Gasteiger partial charge on any atom is -0.462 e. The second-order valence-corrected chi connectivity index (χ2v) is 4.62. The van der Waals surface area contributed by atoms with Gasteiger partial charge < -0.3 is 10.5 Å². The molecule has 6 nitrogen and oxygen atoms in total. The van der Waals surface area contributed by atoms with E-state index in [2.05, 4.69) is 10.2 Å². The van der Waals surface area contributed by atoms with Crippen LogP contribution < -0.4 is 5.73 Å². The van der Waals surface area contributed by atoms with Crippen molar-refractivity contribution in [3.63, 3.8) is 0 Å². The highest BCUT2D eigenvalue weighted by molar-refractivity contribution is 8.08. The van der Waals surface area contributed by atoms with E-state index >= 15 is 0 Å². The summed E-state index contributed by atoms with van der Waals surface area (Å²) >= 11 is 1.50. The molecule has 18 heavy (non-hydrogen) atoms. The maximum atomic E-state index is 11.9. The van der Waals surface area contributed by atoms with E-state index in [9.17, 15) is 4.79 Å². The summed E-state index contributed by atoms with van der Waals surface area (Å²) in [5.41, 5.74) is 7.61. The minimum atomic E-state index is -0.391. The molecule has 0 aromatic carbocycles. The van der Waals surface area contributed by atoms with Crippen molar-refractivity contribution < 1.29 is 9.53 Å². The molecule has 0 fully saturated rings. The minimum absolute atomic E-state index is 0.325. The third kappa shape index (κ3) is 2.26.